The minimum atomic E-state index is 0.262. The SMILES string of the molecule is CCN1CCOC(CNCc2c(C)nn(CC(C)C)c2Cl)C1. The summed E-state index contributed by atoms with van der Waals surface area (Å²) in [6, 6.07) is 0. The van der Waals surface area contributed by atoms with Crippen LogP contribution >= 0.6 is 11.6 Å². The van der Waals surface area contributed by atoms with Crippen LogP contribution in [0.2, 0.25) is 5.15 Å². The van der Waals surface area contributed by atoms with E-state index in [2.05, 4.69) is 36.1 Å². The highest BCUT2D eigenvalue weighted by atomic mass is 35.5. The minimum absolute atomic E-state index is 0.262. The van der Waals surface area contributed by atoms with Gasteiger partial charge < -0.3 is 10.1 Å². The van der Waals surface area contributed by atoms with Crippen molar-refractivity contribution in [3.05, 3.63) is 16.4 Å². The summed E-state index contributed by atoms with van der Waals surface area (Å²) in [4.78, 5) is 2.43. The third kappa shape index (κ3) is 4.69. The first-order chi connectivity index (χ1) is 10.5. The van der Waals surface area contributed by atoms with Crippen molar-refractivity contribution in [1.82, 2.24) is 20.0 Å². The lowest BCUT2D eigenvalue weighted by atomic mass is 10.2. The molecular weight excluding hydrogens is 300 g/mol. The molecule has 0 aromatic carbocycles. The highest BCUT2D eigenvalue weighted by Gasteiger charge is 2.19. The molecule has 126 valence electrons. The van der Waals surface area contributed by atoms with E-state index in [1.54, 1.807) is 0 Å². The van der Waals surface area contributed by atoms with Crippen LogP contribution in [0.25, 0.3) is 0 Å². The molecular formula is C16H29ClN4O. The van der Waals surface area contributed by atoms with Gasteiger partial charge in [-0.2, -0.15) is 5.10 Å². The molecule has 1 N–H and O–H groups in total. The second-order valence-corrected chi connectivity index (χ2v) is 6.81. The Morgan fingerprint density at radius 2 is 2.23 bits per heavy atom. The normalized spacial score (nSPS) is 20.0. The molecule has 0 saturated carbocycles. The number of ether oxygens (including phenoxy) is 1. The molecule has 2 rings (SSSR count). The monoisotopic (exact) mass is 328 g/mol. The van der Waals surface area contributed by atoms with Gasteiger partial charge in [0.05, 0.1) is 18.4 Å². The van der Waals surface area contributed by atoms with Crippen molar-refractivity contribution in [1.29, 1.82) is 0 Å². The Bertz CT molecular complexity index is 475. The van der Waals surface area contributed by atoms with E-state index < -0.39 is 0 Å². The summed E-state index contributed by atoms with van der Waals surface area (Å²) >= 11 is 6.46. The number of likely N-dealkylation sites (N-methyl/N-ethyl adjacent to an activating group) is 1. The van der Waals surface area contributed by atoms with E-state index in [9.17, 15) is 0 Å². The van der Waals surface area contributed by atoms with E-state index in [0.717, 1.165) is 62.3 Å². The Kier molecular flexibility index (Phi) is 6.68. The van der Waals surface area contributed by atoms with Gasteiger partial charge in [-0.05, 0) is 19.4 Å². The van der Waals surface area contributed by atoms with Gasteiger partial charge in [0.15, 0.2) is 0 Å². The van der Waals surface area contributed by atoms with Gasteiger partial charge in [-0.15, -0.1) is 0 Å². The molecule has 2 heterocycles. The van der Waals surface area contributed by atoms with Gasteiger partial charge in [0.2, 0.25) is 0 Å². The molecule has 1 saturated heterocycles. The van der Waals surface area contributed by atoms with Gasteiger partial charge in [-0.3, -0.25) is 9.58 Å². The summed E-state index contributed by atoms with van der Waals surface area (Å²) in [6.07, 6.45) is 0.262. The minimum Gasteiger partial charge on any atom is -0.374 e. The number of aryl methyl sites for hydroxylation is 1. The molecule has 0 aliphatic carbocycles. The van der Waals surface area contributed by atoms with E-state index >= 15 is 0 Å². The topological polar surface area (TPSA) is 42.3 Å². The summed E-state index contributed by atoms with van der Waals surface area (Å²) in [5, 5.41) is 8.78. The van der Waals surface area contributed by atoms with E-state index in [4.69, 9.17) is 16.3 Å². The maximum Gasteiger partial charge on any atom is 0.131 e. The summed E-state index contributed by atoms with van der Waals surface area (Å²) in [5.41, 5.74) is 2.11. The van der Waals surface area contributed by atoms with Crippen LogP contribution in [0, 0.1) is 12.8 Å². The first-order valence-electron chi connectivity index (χ1n) is 8.27. The van der Waals surface area contributed by atoms with Gasteiger partial charge >= 0.3 is 0 Å². The molecule has 0 amide bonds. The predicted molar refractivity (Wildman–Crippen MR) is 90.4 cm³/mol. The second kappa shape index (κ2) is 8.29. The average Bonchev–Trinajstić information content (AvgIpc) is 2.74. The summed E-state index contributed by atoms with van der Waals surface area (Å²) in [6.45, 7) is 15.0. The highest BCUT2D eigenvalue weighted by Crippen LogP contribution is 2.20. The van der Waals surface area contributed by atoms with Crippen LogP contribution in [-0.2, 0) is 17.8 Å². The Balaban J connectivity index is 1.85. The predicted octanol–water partition coefficient (Wildman–Crippen LogP) is 2.31. The number of halogens is 1. The molecule has 0 bridgehead atoms. The number of nitrogens with zero attached hydrogens (tertiary/aromatic N) is 3. The zero-order chi connectivity index (χ0) is 16.1. The number of rotatable bonds is 7. The molecule has 6 heteroatoms. The lowest BCUT2D eigenvalue weighted by molar-refractivity contribution is -0.0253. The molecule has 1 atom stereocenters. The van der Waals surface area contributed by atoms with Crippen LogP contribution in [-0.4, -0.2) is 53.6 Å². The van der Waals surface area contributed by atoms with Gasteiger partial charge in [-0.1, -0.05) is 32.4 Å². The number of nitrogens with one attached hydrogen (secondary N) is 1. The van der Waals surface area contributed by atoms with Crippen molar-refractivity contribution in [2.45, 2.75) is 46.9 Å². The van der Waals surface area contributed by atoms with Gasteiger partial charge in [0.25, 0.3) is 0 Å². The van der Waals surface area contributed by atoms with Crippen molar-refractivity contribution >= 4 is 11.6 Å². The Morgan fingerprint density at radius 1 is 1.45 bits per heavy atom. The van der Waals surface area contributed by atoms with E-state index in [1.165, 1.54) is 0 Å². The molecule has 5 nitrogen and oxygen atoms in total. The van der Waals surface area contributed by atoms with Crippen LogP contribution < -0.4 is 5.32 Å². The summed E-state index contributed by atoms with van der Waals surface area (Å²) in [5.74, 6) is 0.535. The quantitative estimate of drug-likeness (QED) is 0.834. The Hall–Kier alpha value is -0.620. The molecule has 0 spiro atoms. The maximum atomic E-state index is 6.46. The van der Waals surface area contributed by atoms with Crippen molar-refractivity contribution in [3.8, 4) is 0 Å². The molecule has 1 aromatic heterocycles. The summed E-state index contributed by atoms with van der Waals surface area (Å²) < 4.78 is 7.72. The molecule has 1 fully saturated rings. The van der Waals surface area contributed by atoms with Gasteiger partial charge in [-0.25, -0.2) is 0 Å². The average molecular weight is 329 g/mol. The van der Waals surface area contributed by atoms with E-state index in [-0.39, 0.29) is 6.10 Å². The van der Waals surface area contributed by atoms with Crippen molar-refractivity contribution < 1.29 is 4.74 Å². The smallest absolute Gasteiger partial charge is 0.131 e. The number of aromatic nitrogens is 2. The highest BCUT2D eigenvalue weighted by molar-refractivity contribution is 6.30. The van der Waals surface area contributed by atoms with E-state index in [1.807, 2.05) is 11.6 Å². The first kappa shape index (κ1) is 17.7. The molecule has 0 radical (unpaired) electrons. The fourth-order valence-electron chi connectivity index (χ4n) is 2.81. The zero-order valence-corrected chi connectivity index (χ0v) is 15.0. The number of hydrogen-bond acceptors (Lipinski definition) is 4. The van der Waals surface area contributed by atoms with Crippen molar-refractivity contribution in [2.75, 3.05) is 32.8 Å². The first-order valence-corrected chi connectivity index (χ1v) is 8.65. The lowest BCUT2D eigenvalue weighted by Gasteiger charge is -2.32. The second-order valence-electron chi connectivity index (χ2n) is 6.45. The van der Waals surface area contributed by atoms with E-state index in [0.29, 0.717) is 5.92 Å². The zero-order valence-electron chi connectivity index (χ0n) is 14.2. The third-order valence-corrected chi connectivity index (χ3v) is 4.49. The fraction of sp³-hybridized carbons (Fsp3) is 0.812. The van der Waals surface area contributed by atoms with Crippen LogP contribution in [0.5, 0.6) is 0 Å². The molecule has 1 aliphatic heterocycles. The summed E-state index contributed by atoms with van der Waals surface area (Å²) in [7, 11) is 0. The maximum absolute atomic E-state index is 6.46. The molecule has 1 unspecified atom stereocenters. The van der Waals surface area contributed by atoms with Crippen LogP contribution in [0.3, 0.4) is 0 Å². The molecule has 1 aromatic rings. The van der Waals surface area contributed by atoms with Crippen LogP contribution in [0.4, 0.5) is 0 Å². The Labute approximate surface area is 139 Å². The fourth-order valence-corrected chi connectivity index (χ4v) is 3.12. The van der Waals surface area contributed by atoms with Crippen LogP contribution in [0.15, 0.2) is 0 Å². The number of hydrogen-bond donors (Lipinski definition) is 1. The Morgan fingerprint density at radius 3 is 2.91 bits per heavy atom. The van der Waals surface area contributed by atoms with Gasteiger partial charge in [0, 0.05) is 38.3 Å². The standard InChI is InChI=1S/C16H29ClN4O/c1-5-20-6-7-22-14(11-20)8-18-9-15-13(4)19-21(16(15)17)10-12(2)3/h12,14,18H,5-11H2,1-4H3. The van der Waals surface area contributed by atoms with Gasteiger partial charge in [0.1, 0.15) is 5.15 Å². The largest absolute Gasteiger partial charge is 0.374 e. The third-order valence-electron chi connectivity index (χ3n) is 4.07. The van der Waals surface area contributed by atoms with Crippen molar-refractivity contribution in [3.63, 3.8) is 0 Å². The molecule has 1 aliphatic rings. The molecule has 22 heavy (non-hydrogen) atoms. The van der Waals surface area contributed by atoms with Crippen LogP contribution in [0.1, 0.15) is 32.0 Å². The number of morpholine rings is 1. The lowest BCUT2D eigenvalue weighted by Crippen LogP contribution is -2.46. The van der Waals surface area contributed by atoms with Crippen molar-refractivity contribution in [2.24, 2.45) is 5.92 Å².